The SMILES string of the molecule is CC1(c2cccc(COC(N)=O)c2)OCCCO1. The van der Waals surface area contributed by atoms with E-state index >= 15 is 0 Å². The molecule has 0 aliphatic carbocycles. The van der Waals surface area contributed by atoms with Crippen LogP contribution in [-0.4, -0.2) is 19.3 Å². The van der Waals surface area contributed by atoms with E-state index in [-0.39, 0.29) is 6.61 Å². The number of primary amides is 1. The minimum Gasteiger partial charge on any atom is -0.445 e. The lowest BCUT2D eigenvalue weighted by Gasteiger charge is -2.34. The Balaban J connectivity index is 2.13. The monoisotopic (exact) mass is 251 g/mol. The predicted molar refractivity (Wildman–Crippen MR) is 64.7 cm³/mol. The van der Waals surface area contributed by atoms with Crippen molar-refractivity contribution in [3.63, 3.8) is 0 Å². The zero-order valence-corrected chi connectivity index (χ0v) is 10.3. The number of hydrogen-bond acceptors (Lipinski definition) is 4. The summed E-state index contributed by atoms with van der Waals surface area (Å²) in [6, 6.07) is 7.56. The van der Waals surface area contributed by atoms with Crippen LogP contribution in [0.1, 0.15) is 24.5 Å². The van der Waals surface area contributed by atoms with Crippen molar-refractivity contribution in [2.24, 2.45) is 5.73 Å². The summed E-state index contributed by atoms with van der Waals surface area (Å²) in [5.41, 5.74) is 6.70. The molecule has 0 bridgehead atoms. The van der Waals surface area contributed by atoms with E-state index in [0.29, 0.717) is 13.2 Å². The van der Waals surface area contributed by atoms with Crippen LogP contribution in [0, 0.1) is 0 Å². The van der Waals surface area contributed by atoms with Crippen LogP contribution in [0.15, 0.2) is 24.3 Å². The van der Waals surface area contributed by atoms with Gasteiger partial charge in [-0.25, -0.2) is 4.79 Å². The Hall–Kier alpha value is -1.59. The first-order valence-electron chi connectivity index (χ1n) is 5.90. The highest BCUT2D eigenvalue weighted by Gasteiger charge is 2.31. The van der Waals surface area contributed by atoms with Gasteiger partial charge in [0.1, 0.15) is 6.61 Å². The van der Waals surface area contributed by atoms with E-state index in [2.05, 4.69) is 0 Å². The highest BCUT2D eigenvalue weighted by molar-refractivity contribution is 5.64. The zero-order valence-electron chi connectivity index (χ0n) is 10.3. The third kappa shape index (κ3) is 3.00. The first-order valence-corrected chi connectivity index (χ1v) is 5.90. The topological polar surface area (TPSA) is 70.8 Å². The van der Waals surface area contributed by atoms with Gasteiger partial charge in [-0.2, -0.15) is 0 Å². The molecule has 1 saturated heterocycles. The molecule has 1 heterocycles. The second-order valence-electron chi connectivity index (χ2n) is 4.30. The first kappa shape index (κ1) is 12.9. The maximum Gasteiger partial charge on any atom is 0.404 e. The maximum atomic E-state index is 10.6. The van der Waals surface area contributed by atoms with E-state index in [4.69, 9.17) is 19.9 Å². The quantitative estimate of drug-likeness (QED) is 0.890. The Labute approximate surface area is 106 Å². The maximum absolute atomic E-state index is 10.6. The summed E-state index contributed by atoms with van der Waals surface area (Å²) in [7, 11) is 0. The largest absolute Gasteiger partial charge is 0.445 e. The molecule has 5 nitrogen and oxygen atoms in total. The van der Waals surface area contributed by atoms with E-state index in [1.807, 2.05) is 31.2 Å². The first-order chi connectivity index (χ1) is 8.60. The van der Waals surface area contributed by atoms with Crippen LogP contribution in [0.2, 0.25) is 0 Å². The Morgan fingerprint density at radius 1 is 1.44 bits per heavy atom. The minimum atomic E-state index is -0.781. The molecule has 0 radical (unpaired) electrons. The second-order valence-corrected chi connectivity index (χ2v) is 4.30. The van der Waals surface area contributed by atoms with Crippen LogP contribution in [0.25, 0.3) is 0 Å². The minimum absolute atomic E-state index is 0.152. The summed E-state index contributed by atoms with van der Waals surface area (Å²) in [6.45, 7) is 3.40. The Kier molecular flexibility index (Phi) is 3.84. The highest BCUT2D eigenvalue weighted by atomic mass is 16.7. The standard InChI is InChI=1S/C13H17NO4/c1-13(17-6-3-7-18-13)11-5-2-4-10(8-11)9-16-12(14)15/h2,4-5,8H,3,6-7,9H2,1H3,(H2,14,15). The smallest absolute Gasteiger partial charge is 0.404 e. The molecule has 0 aromatic heterocycles. The molecule has 0 atom stereocenters. The lowest BCUT2D eigenvalue weighted by molar-refractivity contribution is -0.264. The van der Waals surface area contributed by atoms with Crippen LogP contribution < -0.4 is 5.73 Å². The summed E-state index contributed by atoms with van der Waals surface area (Å²) in [5.74, 6) is -0.721. The van der Waals surface area contributed by atoms with Crippen molar-refractivity contribution in [1.82, 2.24) is 0 Å². The Morgan fingerprint density at radius 2 is 2.17 bits per heavy atom. The molecular weight excluding hydrogens is 234 g/mol. The van der Waals surface area contributed by atoms with Crippen LogP contribution in [0.5, 0.6) is 0 Å². The van der Waals surface area contributed by atoms with E-state index in [1.165, 1.54) is 0 Å². The van der Waals surface area contributed by atoms with Gasteiger partial charge >= 0.3 is 6.09 Å². The van der Waals surface area contributed by atoms with Crippen molar-refractivity contribution < 1.29 is 19.0 Å². The summed E-state index contributed by atoms with van der Waals surface area (Å²) in [6.07, 6.45) is 0.122. The molecule has 1 aliphatic rings. The van der Waals surface area contributed by atoms with E-state index in [9.17, 15) is 4.79 Å². The molecule has 1 aromatic rings. The van der Waals surface area contributed by atoms with Gasteiger partial charge < -0.3 is 19.9 Å². The van der Waals surface area contributed by atoms with E-state index < -0.39 is 11.9 Å². The number of amides is 1. The Morgan fingerprint density at radius 3 is 2.83 bits per heavy atom. The van der Waals surface area contributed by atoms with Gasteiger partial charge in [0.15, 0.2) is 5.79 Å². The Bertz CT molecular complexity index is 427. The van der Waals surface area contributed by atoms with Crippen molar-refractivity contribution in [2.75, 3.05) is 13.2 Å². The third-order valence-electron chi connectivity index (χ3n) is 2.88. The van der Waals surface area contributed by atoms with Gasteiger partial charge in [0.05, 0.1) is 13.2 Å². The fourth-order valence-corrected chi connectivity index (χ4v) is 1.90. The molecule has 1 amide bonds. The van der Waals surface area contributed by atoms with Crippen LogP contribution in [-0.2, 0) is 26.6 Å². The average molecular weight is 251 g/mol. The lowest BCUT2D eigenvalue weighted by atomic mass is 10.0. The average Bonchev–Trinajstić information content (AvgIpc) is 2.38. The number of benzene rings is 1. The second kappa shape index (κ2) is 5.37. The summed E-state index contributed by atoms with van der Waals surface area (Å²) in [4.78, 5) is 10.6. The van der Waals surface area contributed by atoms with E-state index in [0.717, 1.165) is 17.5 Å². The van der Waals surface area contributed by atoms with Gasteiger partial charge in [0.25, 0.3) is 0 Å². The number of carbonyl (C=O) groups is 1. The molecule has 0 saturated carbocycles. The molecule has 18 heavy (non-hydrogen) atoms. The molecule has 2 N–H and O–H groups in total. The van der Waals surface area contributed by atoms with Crippen molar-refractivity contribution in [3.05, 3.63) is 35.4 Å². The van der Waals surface area contributed by atoms with Crippen molar-refractivity contribution in [3.8, 4) is 0 Å². The van der Waals surface area contributed by atoms with Gasteiger partial charge in [-0.1, -0.05) is 18.2 Å². The molecular formula is C13H17NO4. The number of ether oxygens (including phenoxy) is 3. The van der Waals surface area contributed by atoms with Gasteiger partial charge in [-0.05, 0) is 25.0 Å². The molecule has 1 aliphatic heterocycles. The van der Waals surface area contributed by atoms with Gasteiger partial charge in [0, 0.05) is 5.56 Å². The van der Waals surface area contributed by atoms with Crippen molar-refractivity contribution in [2.45, 2.75) is 25.7 Å². The molecule has 5 heteroatoms. The molecule has 0 spiro atoms. The molecule has 0 unspecified atom stereocenters. The number of hydrogen-bond donors (Lipinski definition) is 1. The van der Waals surface area contributed by atoms with Crippen molar-refractivity contribution in [1.29, 1.82) is 0 Å². The van der Waals surface area contributed by atoms with Crippen LogP contribution in [0.4, 0.5) is 4.79 Å². The molecule has 1 aromatic carbocycles. The van der Waals surface area contributed by atoms with Crippen LogP contribution >= 0.6 is 0 Å². The van der Waals surface area contributed by atoms with Gasteiger partial charge in [-0.15, -0.1) is 0 Å². The fourth-order valence-electron chi connectivity index (χ4n) is 1.90. The van der Waals surface area contributed by atoms with E-state index in [1.54, 1.807) is 0 Å². The van der Waals surface area contributed by atoms with Gasteiger partial charge in [-0.3, -0.25) is 0 Å². The molecule has 98 valence electrons. The highest BCUT2D eigenvalue weighted by Crippen LogP contribution is 2.30. The third-order valence-corrected chi connectivity index (χ3v) is 2.88. The molecule has 1 fully saturated rings. The van der Waals surface area contributed by atoms with Gasteiger partial charge in [0.2, 0.25) is 0 Å². The normalized spacial score (nSPS) is 18.3. The summed E-state index contributed by atoms with van der Waals surface area (Å²) < 4.78 is 16.1. The number of carbonyl (C=O) groups excluding carboxylic acids is 1. The predicted octanol–water partition coefficient (Wildman–Crippen LogP) is 1.89. The molecule has 2 rings (SSSR count). The van der Waals surface area contributed by atoms with Crippen LogP contribution in [0.3, 0.4) is 0 Å². The summed E-state index contributed by atoms with van der Waals surface area (Å²) in [5, 5.41) is 0. The number of rotatable bonds is 3. The lowest BCUT2D eigenvalue weighted by Crippen LogP contribution is -2.35. The summed E-state index contributed by atoms with van der Waals surface area (Å²) >= 11 is 0. The van der Waals surface area contributed by atoms with Crippen molar-refractivity contribution >= 4 is 6.09 Å². The fraction of sp³-hybridized carbons (Fsp3) is 0.462. The zero-order chi connectivity index (χ0) is 13.0. The number of nitrogens with two attached hydrogens (primary N) is 1.